The third-order valence-electron chi connectivity index (χ3n) is 4.41. The van der Waals surface area contributed by atoms with Gasteiger partial charge in [-0.3, -0.25) is 4.79 Å². The van der Waals surface area contributed by atoms with E-state index in [2.05, 4.69) is 15.3 Å². The maximum absolute atomic E-state index is 12.3. The highest BCUT2D eigenvalue weighted by Gasteiger charge is 2.17. The highest BCUT2D eigenvalue weighted by atomic mass is 16.3. The fraction of sp³-hybridized carbons (Fsp3) is 0.412. The number of hydrogen-bond acceptors (Lipinski definition) is 4. The first-order valence-corrected chi connectivity index (χ1v) is 7.83. The van der Waals surface area contributed by atoms with Gasteiger partial charge in [-0.15, -0.1) is 0 Å². The van der Waals surface area contributed by atoms with Gasteiger partial charge in [0, 0.05) is 11.8 Å². The molecule has 0 unspecified atom stereocenters. The zero-order valence-corrected chi connectivity index (χ0v) is 12.6. The van der Waals surface area contributed by atoms with E-state index >= 15 is 0 Å². The smallest absolute Gasteiger partial charge is 0.294 e. The Labute approximate surface area is 127 Å². The molecule has 114 valence electrons. The highest BCUT2D eigenvalue weighted by Crippen LogP contribution is 2.26. The van der Waals surface area contributed by atoms with Crippen molar-refractivity contribution >= 4 is 22.1 Å². The van der Waals surface area contributed by atoms with Gasteiger partial charge in [-0.25, -0.2) is 4.98 Å². The van der Waals surface area contributed by atoms with Crippen LogP contribution in [0.3, 0.4) is 0 Å². The number of nitrogens with one attached hydrogen (secondary N) is 2. The first kappa shape index (κ1) is 13.5. The molecule has 5 heteroatoms. The maximum Gasteiger partial charge on any atom is 0.294 e. The normalized spacial score (nSPS) is 19.0. The average molecular weight is 297 g/mol. The van der Waals surface area contributed by atoms with Crippen LogP contribution >= 0.6 is 0 Å². The minimum Gasteiger partial charge on any atom is -0.449 e. The van der Waals surface area contributed by atoms with E-state index in [4.69, 9.17) is 4.42 Å². The van der Waals surface area contributed by atoms with E-state index in [9.17, 15) is 4.79 Å². The van der Waals surface area contributed by atoms with Crippen LogP contribution in [0.2, 0.25) is 0 Å². The molecule has 0 bridgehead atoms. The molecular formula is C17H19N3O2. The van der Waals surface area contributed by atoms with Crippen LogP contribution < -0.4 is 10.9 Å². The number of furan rings is 1. The quantitative estimate of drug-likeness (QED) is 0.762. The van der Waals surface area contributed by atoms with Crippen molar-refractivity contribution in [1.29, 1.82) is 0 Å². The van der Waals surface area contributed by atoms with Gasteiger partial charge in [0.05, 0.1) is 0 Å². The summed E-state index contributed by atoms with van der Waals surface area (Å²) in [6.07, 6.45) is 3.17. The Morgan fingerprint density at radius 3 is 3.14 bits per heavy atom. The molecule has 0 amide bonds. The summed E-state index contributed by atoms with van der Waals surface area (Å²) in [4.78, 5) is 19.9. The number of hydrogen-bond donors (Lipinski definition) is 2. The lowest BCUT2D eigenvalue weighted by molar-refractivity contribution is 0.370. The molecule has 1 aliphatic heterocycles. The fourth-order valence-electron chi connectivity index (χ4n) is 3.28. The molecule has 22 heavy (non-hydrogen) atoms. The van der Waals surface area contributed by atoms with Crippen molar-refractivity contribution < 1.29 is 4.42 Å². The van der Waals surface area contributed by atoms with E-state index in [1.54, 1.807) is 0 Å². The molecule has 1 aromatic carbocycles. The minimum absolute atomic E-state index is 0.183. The number of aryl methyl sites for hydroxylation is 1. The van der Waals surface area contributed by atoms with E-state index in [1.807, 2.05) is 25.1 Å². The summed E-state index contributed by atoms with van der Waals surface area (Å²) in [5.41, 5.74) is 2.68. The second-order valence-corrected chi connectivity index (χ2v) is 6.21. The number of fused-ring (bicyclic) bond motifs is 3. The average Bonchev–Trinajstić information content (AvgIpc) is 2.87. The Morgan fingerprint density at radius 2 is 2.32 bits per heavy atom. The van der Waals surface area contributed by atoms with Crippen LogP contribution in [0.15, 0.2) is 27.4 Å². The number of H-pyrrole nitrogens is 1. The molecule has 1 saturated heterocycles. The molecule has 1 fully saturated rings. The molecule has 4 rings (SSSR count). The molecule has 0 spiro atoms. The molecule has 3 heterocycles. The van der Waals surface area contributed by atoms with Gasteiger partial charge in [-0.05, 0) is 50.9 Å². The molecular weight excluding hydrogens is 278 g/mol. The third-order valence-corrected chi connectivity index (χ3v) is 4.41. The van der Waals surface area contributed by atoms with Crippen molar-refractivity contribution in [2.45, 2.75) is 26.2 Å². The van der Waals surface area contributed by atoms with Gasteiger partial charge in [0.25, 0.3) is 5.56 Å². The number of rotatable bonds is 2. The van der Waals surface area contributed by atoms with Gasteiger partial charge in [0.15, 0.2) is 0 Å². The van der Waals surface area contributed by atoms with Gasteiger partial charge in [0.1, 0.15) is 16.9 Å². The largest absolute Gasteiger partial charge is 0.449 e. The van der Waals surface area contributed by atoms with Crippen molar-refractivity contribution in [2.24, 2.45) is 5.92 Å². The van der Waals surface area contributed by atoms with Crippen molar-refractivity contribution in [3.8, 4) is 0 Å². The fourth-order valence-corrected chi connectivity index (χ4v) is 3.28. The summed E-state index contributed by atoms with van der Waals surface area (Å²) < 4.78 is 5.66. The Bertz CT molecular complexity index is 888. The number of aromatic nitrogens is 2. The molecule has 5 nitrogen and oxygen atoms in total. The van der Waals surface area contributed by atoms with Crippen molar-refractivity contribution in [1.82, 2.24) is 15.3 Å². The van der Waals surface area contributed by atoms with Gasteiger partial charge in [-0.1, -0.05) is 11.6 Å². The van der Waals surface area contributed by atoms with Crippen LogP contribution in [0, 0.1) is 12.8 Å². The number of nitrogens with zero attached hydrogens (tertiary/aromatic N) is 1. The first-order valence-electron chi connectivity index (χ1n) is 7.83. The number of aromatic amines is 1. The van der Waals surface area contributed by atoms with Crippen LogP contribution in [-0.2, 0) is 6.42 Å². The maximum atomic E-state index is 12.3. The van der Waals surface area contributed by atoms with Crippen molar-refractivity contribution in [2.75, 3.05) is 13.1 Å². The number of benzene rings is 1. The molecule has 2 N–H and O–H groups in total. The monoisotopic (exact) mass is 297 g/mol. The zero-order chi connectivity index (χ0) is 15.1. The van der Waals surface area contributed by atoms with Crippen LogP contribution in [0.4, 0.5) is 0 Å². The SMILES string of the molecule is Cc1ccc2oc3c(=O)[nH]c(C[C@H]4CCCNC4)nc3c2c1. The Kier molecular flexibility index (Phi) is 3.22. The van der Waals surface area contributed by atoms with E-state index in [0.29, 0.717) is 17.0 Å². The second-order valence-electron chi connectivity index (χ2n) is 6.21. The van der Waals surface area contributed by atoms with E-state index in [0.717, 1.165) is 41.9 Å². The lowest BCUT2D eigenvalue weighted by atomic mass is 9.96. The van der Waals surface area contributed by atoms with Gasteiger partial charge in [0.2, 0.25) is 5.58 Å². The van der Waals surface area contributed by atoms with E-state index < -0.39 is 0 Å². The first-order chi connectivity index (χ1) is 10.7. The molecule has 3 aromatic rings. The Balaban J connectivity index is 1.81. The standard InChI is InChI=1S/C17H19N3O2/c1-10-4-5-13-12(7-10)15-16(22-13)17(21)20-14(19-15)8-11-3-2-6-18-9-11/h4-5,7,11,18H,2-3,6,8-9H2,1H3,(H,19,20,21)/t11-/m1/s1. The van der Waals surface area contributed by atoms with Gasteiger partial charge < -0.3 is 14.7 Å². The Hall–Kier alpha value is -2.14. The third kappa shape index (κ3) is 2.31. The summed E-state index contributed by atoms with van der Waals surface area (Å²) in [5, 5.41) is 4.32. The highest BCUT2D eigenvalue weighted by molar-refractivity contribution is 6.02. The lowest BCUT2D eigenvalue weighted by Crippen LogP contribution is -2.31. The summed E-state index contributed by atoms with van der Waals surface area (Å²) >= 11 is 0. The molecule has 2 aromatic heterocycles. The summed E-state index contributed by atoms with van der Waals surface area (Å²) in [7, 11) is 0. The molecule has 1 aliphatic rings. The van der Waals surface area contributed by atoms with Crippen LogP contribution in [0.5, 0.6) is 0 Å². The molecule has 1 atom stereocenters. The van der Waals surface area contributed by atoms with Gasteiger partial charge in [-0.2, -0.15) is 0 Å². The van der Waals surface area contributed by atoms with Crippen molar-refractivity contribution in [3.05, 3.63) is 39.9 Å². The summed E-state index contributed by atoms with van der Waals surface area (Å²) in [6, 6.07) is 5.91. The lowest BCUT2D eigenvalue weighted by Gasteiger charge is -2.21. The summed E-state index contributed by atoms with van der Waals surface area (Å²) in [6.45, 7) is 4.11. The zero-order valence-electron chi connectivity index (χ0n) is 12.6. The predicted molar refractivity (Wildman–Crippen MR) is 86.2 cm³/mol. The van der Waals surface area contributed by atoms with Crippen LogP contribution in [0.1, 0.15) is 24.2 Å². The van der Waals surface area contributed by atoms with Crippen LogP contribution in [-0.4, -0.2) is 23.1 Å². The Morgan fingerprint density at radius 1 is 1.41 bits per heavy atom. The van der Waals surface area contributed by atoms with Crippen molar-refractivity contribution in [3.63, 3.8) is 0 Å². The molecule has 0 saturated carbocycles. The topological polar surface area (TPSA) is 70.9 Å². The second kappa shape index (κ2) is 5.25. The van der Waals surface area contributed by atoms with Crippen LogP contribution in [0.25, 0.3) is 22.1 Å². The molecule has 0 radical (unpaired) electrons. The summed E-state index contributed by atoms with van der Waals surface area (Å²) in [5.74, 6) is 1.30. The minimum atomic E-state index is -0.183. The van der Waals surface area contributed by atoms with Gasteiger partial charge >= 0.3 is 0 Å². The number of piperidine rings is 1. The predicted octanol–water partition coefficient (Wildman–Crippen LogP) is 2.52. The van der Waals surface area contributed by atoms with E-state index in [1.165, 1.54) is 12.8 Å². The van der Waals surface area contributed by atoms with E-state index in [-0.39, 0.29) is 5.56 Å². The molecule has 0 aliphatic carbocycles.